The van der Waals surface area contributed by atoms with Crippen LogP contribution in [0.25, 0.3) is 0 Å². The molecule has 0 saturated heterocycles. The summed E-state index contributed by atoms with van der Waals surface area (Å²) in [5.41, 5.74) is 10.8. The molecule has 82 valence electrons. The zero-order valence-corrected chi connectivity index (χ0v) is 9.09. The largest absolute Gasteiger partial charge is 0.480 e. The SMILES string of the molecule is CSC(N)=NCCCC[C@H](N)C(=O)O. The first-order valence-electron chi connectivity index (χ1n) is 4.40. The fourth-order valence-corrected chi connectivity index (χ4v) is 1.07. The Morgan fingerprint density at radius 1 is 1.57 bits per heavy atom. The third-order valence-corrected chi connectivity index (χ3v) is 2.26. The van der Waals surface area contributed by atoms with Crippen LogP contribution in [0.15, 0.2) is 4.99 Å². The van der Waals surface area contributed by atoms with E-state index in [1.54, 1.807) is 0 Å². The van der Waals surface area contributed by atoms with Crippen molar-refractivity contribution in [3.05, 3.63) is 0 Å². The Hall–Kier alpha value is -0.750. The van der Waals surface area contributed by atoms with Crippen LogP contribution in [0.2, 0.25) is 0 Å². The van der Waals surface area contributed by atoms with Gasteiger partial charge in [-0.3, -0.25) is 9.79 Å². The minimum atomic E-state index is -0.947. The summed E-state index contributed by atoms with van der Waals surface area (Å²) in [5, 5.41) is 9.05. The van der Waals surface area contributed by atoms with Crippen LogP contribution < -0.4 is 11.5 Å². The standard InChI is InChI=1S/C8H17N3O2S/c1-14-8(10)11-5-3-2-4-6(9)7(12)13/h6H,2-5,9H2,1H3,(H2,10,11)(H,12,13)/t6-/m0/s1. The number of hydrogen-bond donors (Lipinski definition) is 3. The smallest absolute Gasteiger partial charge is 0.320 e. The normalized spacial score (nSPS) is 14.0. The molecule has 0 aromatic carbocycles. The van der Waals surface area contributed by atoms with E-state index in [9.17, 15) is 4.79 Å². The van der Waals surface area contributed by atoms with Crippen molar-refractivity contribution in [1.82, 2.24) is 0 Å². The van der Waals surface area contributed by atoms with Crippen molar-refractivity contribution in [2.45, 2.75) is 25.3 Å². The number of nitrogens with zero attached hydrogens (tertiary/aromatic N) is 1. The Labute approximate surface area is 87.9 Å². The van der Waals surface area contributed by atoms with Gasteiger partial charge >= 0.3 is 5.97 Å². The molecule has 0 fully saturated rings. The lowest BCUT2D eigenvalue weighted by atomic mass is 10.1. The fraction of sp³-hybridized carbons (Fsp3) is 0.750. The number of carboxylic acid groups (broad SMARTS) is 1. The quantitative estimate of drug-likeness (QED) is 0.337. The van der Waals surface area contributed by atoms with Crippen molar-refractivity contribution in [3.63, 3.8) is 0 Å². The first-order chi connectivity index (χ1) is 6.57. The molecular formula is C8H17N3O2S. The Morgan fingerprint density at radius 2 is 2.21 bits per heavy atom. The second kappa shape index (κ2) is 7.64. The van der Waals surface area contributed by atoms with E-state index in [-0.39, 0.29) is 0 Å². The first-order valence-corrected chi connectivity index (χ1v) is 5.62. The van der Waals surface area contributed by atoms with Gasteiger partial charge in [0.1, 0.15) is 6.04 Å². The molecule has 0 aromatic rings. The van der Waals surface area contributed by atoms with E-state index in [2.05, 4.69) is 4.99 Å². The van der Waals surface area contributed by atoms with Crippen molar-refractivity contribution in [1.29, 1.82) is 0 Å². The van der Waals surface area contributed by atoms with Gasteiger partial charge < -0.3 is 16.6 Å². The summed E-state index contributed by atoms with van der Waals surface area (Å²) in [7, 11) is 0. The maximum Gasteiger partial charge on any atom is 0.320 e. The van der Waals surface area contributed by atoms with Gasteiger partial charge in [-0.25, -0.2) is 0 Å². The van der Waals surface area contributed by atoms with Gasteiger partial charge in [-0.1, -0.05) is 11.8 Å². The minimum absolute atomic E-state index is 0.490. The average Bonchev–Trinajstić information content (AvgIpc) is 2.16. The molecule has 0 aliphatic rings. The van der Waals surface area contributed by atoms with E-state index in [4.69, 9.17) is 16.6 Å². The van der Waals surface area contributed by atoms with Crippen molar-refractivity contribution in [3.8, 4) is 0 Å². The van der Waals surface area contributed by atoms with Gasteiger partial charge in [-0.2, -0.15) is 0 Å². The first kappa shape index (κ1) is 13.2. The molecule has 14 heavy (non-hydrogen) atoms. The number of aliphatic imine (C=N–C) groups is 1. The summed E-state index contributed by atoms with van der Waals surface area (Å²) in [6, 6.07) is -0.753. The molecule has 6 heteroatoms. The summed E-state index contributed by atoms with van der Waals surface area (Å²) in [6.07, 6.45) is 3.93. The number of hydrogen-bond acceptors (Lipinski definition) is 4. The number of aliphatic carboxylic acids is 1. The van der Waals surface area contributed by atoms with Gasteiger partial charge in [-0.15, -0.1) is 0 Å². The monoisotopic (exact) mass is 219 g/mol. The third kappa shape index (κ3) is 6.73. The molecule has 0 aliphatic carbocycles. The Morgan fingerprint density at radius 3 is 2.71 bits per heavy atom. The zero-order valence-electron chi connectivity index (χ0n) is 8.27. The van der Waals surface area contributed by atoms with E-state index >= 15 is 0 Å². The number of carboxylic acids is 1. The number of amidine groups is 1. The number of carbonyl (C=O) groups is 1. The van der Waals surface area contributed by atoms with Crippen LogP contribution >= 0.6 is 11.8 Å². The molecule has 0 bridgehead atoms. The van der Waals surface area contributed by atoms with Crippen LogP contribution in [0.1, 0.15) is 19.3 Å². The second-order valence-corrected chi connectivity index (χ2v) is 3.69. The van der Waals surface area contributed by atoms with Gasteiger partial charge in [-0.05, 0) is 25.5 Å². The highest BCUT2D eigenvalue weighted by molar-refractivity contribution is 8.13. The Bertz CT molecular complexity index is 209. The van der Waals surface area contributed by atoms with Crippen LogP contribution in [0, 0.1) is 0 Å². The number of thioether (sulfide) groups is 1. The topological polar surface area (TPSA) is 102 Å². The summed E-state index contributed by atoms with van der Waals surface area (Å²) < 4.78 is 0. The van der Waals surface area contributed by atoms with E-state index in [0.717, 1.165) is 12.8 Å². The molecule has 1 atom stereocenters. The lowest BCUT2D eigenvalue weighted by molar-refractivity contribution is -0.138. The molecule has 5 N–H and O–H groups in total. The van der Waals surface area contributed by atoms with E-state index < -0.39 is 12.0 Å². The predicted molar refractivity (Wildman–Crippen MR) is 59.5 cm³/mol. The van der Waals surface area contributed by atoms with Crippen LogP contribution in [0.5, 0.6) is 0 Å². The molecule has 0 heterocycles. The molecule has 0 unspecified atom stereocenters. The zero-order chi connectivity index (χ0) is 11.0. The van der Waals surface area contributed by atoms with Crippen LogP contribution in [-0.4, -0.2) is 35.1 Å². The fourth-order valence-electron chi connectivity index (χ4n) is 0.853. The lowest BCUT2D eigenvalue weighted by Gasteiger charge is -2.04. The van der Waals surface area contributed by atoms with Gasteiger partial charge in [0.25, 0.3) is 0 Å². The molecule has 5 nitrogen and oxygen atoms in total. The van der Waals surface area contributed by atoms with E-state index in [0.29, 0.717) is 18.1 Å². The maximum atomic E-state index is 10.3. The van der Waals surface area contributed by atoms with E-state index in [1.165, 1.54) is 11.8 Å². The number of unbranched alkanes of at least 4 members (excludes halogenated alkanes) is 1. The molecule has 0 radical (unpaired) electrons. The highest BCUT2D eigenvalue weighted by atomic mass is 32.2. The molecule has 0 amide bonds. The number of nitrogens with two attached hydrogens (primary N) is 2. The van der Waals surface area contributed by atoms with Gasteiger partial charge in [0, 0.05) is 6.54 Å². The van der Waals surface area contributed by atoms with Crippen molar-refractivity contribution in [2.75, 3.05) is 12.8 Å². The van der Waals surface area contributed by atoms with E-state index in [1.807, 2.05) is 6.26 Å². The second-order valence-electron chi connectivity index (χ2n) is 2.86. The van der Waals surface area contributed by atoms with Gasteiger partial charge in [0.2, 0.25) is 0 Å². The van der Waals surface area contributed by atoms with Crippen LogP contribution in [-0.2, 0) is 4.79 Å². The third-order valence-electron chi connectivity index (χ3n) is 1.72. The molecular weight excluding hydrogens is 202 g/mol. The van der Waals surface area contributed by atoms with Crippen LogP contribution in [0.3, 0.4) is 0 Å². The summed E-state index contributed by atoms with van der Waals surface area (Å²) in [4.78, 5) is 14.4. The summed E-state index contributed by atoms with van der Waals surface area (Å²) in [5.74, 6) is -0.947. The van der Waals surface area contributed by atoms with Crippen molar-refractivity contribution in [2.24, 2.45) is 16.5 Å². The Kier molecular flexibility index (Phi) is 7.23. The van der Waals surface area contributed by atoms with Gasteiger partial charge in [0.05, 0.1) is 0 Å². The summed E-state index contributed by atoms with van der Waals surface area (Å²) in [6.45, 7) is 0.638. The van der Waals surface area contributed by atoms with Crippen molar-refractivity contribution < 1.29 is 9.90 Å². The lowest BCUT2D eigenvalue weighted by Crippen LogP contribution is -2.29. The molecule has 0 saturated carbocycles. The molecule has 0 aliphatic heterocycles. The minimum Gasteiger partial charge on any atom is -0.480 e. The predicted octanol–water partition coefficient (Wildman–Crippen LogP) is 0.246. The van der Waals surface area contributed by atoms with Crippen molar-refractivity contribution >= 4 is 22.9 Å². The molecule has 0 rings (SSSR count). The average molecular weight is 219 g/mol. The Balaban J connectivity index is 3.43. The maximum absolute atomic E-state index is 10.3. The van der Waals surface area contributed by atoms with Crippen LogP contribution in [0.4, 0.5) is 0 Å². The number of rotatable bonds is 6. The highest BCUT2D eigenvalue weighted by Crippen LogP contribution is 2.00. The summed E-state index contributed by atoms with van der Waals surface area (Å²) >= 11 is 1.40. The highest BCUT2D eigenvalue weighted by Gasteiger charge is 2.09. The molecule has 0 aromatic heterocycles. The van der Waals surface area contributed by atoms with Gasteiger partial charge in [0.15, 0.2) is 5.17 Å². The molecule has 0 spiro atoms.